The predicted molar refractivity (Wildman–Crippen MR) is 69.8 cm³/mol. The van der Waals surface area contributed by atoms with Gasteiger partial charge in [0.25, 0.3) is 10.0 Å². The second-order valence-corrected chi connectivity index (χ2v) is 6.55. The van der Waals surface area contributed by atoms with E-state index in [0.717, 1.165) is 17.3 Å². The summed E-state index contributed by atoms with van der Waals surface area (Å²) in [6, 6.07) is 4.64. The van der Waals surface area contributed by atoms with Gasteiger partial charge in [-0.1, -0.05) is 4.47 Å². The molecule has 1 aliphatic rings. The number of halogens is 1. The normalized spacial score (nSPS) is 17.7. The molecule has 2 rings (SSSR count). The molecule has 0 N–H and O–H groups in total. The van der Waals surface area contributed by atoms with Gasteiger partial charge in [0.05, 0.1) is 23.1 Å². The van der Waals surface area contributed by atoms with Gasteiger partial charge in [-0.15, -0.1) is 0 Å². The molecule has 0 radical (unpaired) electrons. The molecule has 0 unspecified atom stereocenters. The molecule has 0 aromatic heterocycles. The minimum atomic E-state index is -3.58. The molecule has 1 aromatic rings. The van der Waals surface area contributed by atoms with Gasteiger partial charge >= 0.3 is 0 Å². The molecule has 1 aliphatic heterocycles. The number of ether oxygens (including phenoxy) is 1. The number of benzene rings is 1. The van der Waals surface area contributed by atoms with Crippen LogP contribution in [0.4, 0.5) is 0 Å². The molecule has 0 spiro atoms. The summed E-state index contributed by atoms with van der Waals surface area (Å²) in [6.07, 6.45) is 1.70. The van der Waals surface area contributed by atoms with Crippen molar-refractivity contribution < 1.29 is 18.0 Å². The maximum absolute atomic E-state index is 12.3. The second-order valence-electron chi connectivity index (χ2n) is 3.87. The molecule has 7 heteroatoms. The van der Waals surface area contributed by atoms with E-state index in [1.54, 1.807) is 6.07 Å². The smallest absolute Gasteiger partial charge is 0.265 e. The highest BCUT2D eigenvalue weighted by Gasteiger charge is 2.27. The number of hydrogen-bond acceptors (Lipinski definition) is 4. The quantitative estimate of drug-likeness (QED) is 0.849. The summed E-state index contributed by atoms with van der Waals surface area (Å²) in [5.74, 6) is 0.591. The van der Waals surface area contributed by atoms with Crippen LogP contribution in [0.1, 0.15) is 12.8 Å². The van der Waals surface area contributed by atoms with Gasteiger partial charge in [0.2, 0.25) is 0 Å². The molecule has 0 bridgehead atoms. The first-order valence-electron chi connectivity index (χ1n) is 5.55. The van der Waals surface area contributed by atoms with E-state index in [2.05, 4.69) is 15.9 Å². The zero-order valence-electron chi connectivity index (χ0n) is 9.93. The van der Waals surface area contributed by atoms with E-state index < -0.39 is 10.0 Å². The van der Waals surface area contributed by atoms with Crippen LogP contribution in [-0.4, -0.2) is 33.1 Å². The first-order chi connectivity index (χ1) is 8.55. The summed E-state index contributed by atoms with van der Waals surface area (Å²) in [6.45, 7) is 0.836. The number of rotatable bonds is 3. The van der Waals surface area contributed by atoms with Crippen molar-refractivity contribution in [3.05, 3.63) is 22.7 Å². The van der Waals surface area contributed by atoms with E-state index in [9.17, 15) is 8.42 Å². The summed E-state index contributed by atoms with van der Waals surface area (Å²) >= 11 is 3.27. The summed E-state index contributed by atoms with van der Waals surface area (Å²) in [4.78, 5) is 5.38. The van der Waals surface area contributed by atoms with Crippen molar-refractivity contribution in [1.82, 2.24) is 4.47 Å². The second kappa shape index (κ2) is 5.56. The van der Waals surface area contributed by atoms with Gasteiger partial charge in [0, 0.05) is 6.54 Å². The Bertz CT molecular complexity index is 526. The average molecular weight is 336 g/mol. The van der Waals surface area contributed by atoms with Gasteiger partial charge in [-0.3, -0.25) is 4.84 Å². The highest BCUT2D eigenvalue weighted by Crippen LogP contribution is 2.29. The van der Waals surface area contributed by atoms with Crippen LogP contribution in [-0.2, 0) is 14.9 Å². The highest BCUT2D eigenvalue weighted by atomic mass is 79.9. The molecule has 1 fully saturated rings. The fourth-order valence-corrected chi connectivity index (χ4v) is 3.71. The Kier molecular flexibility index (Phi) is 4.26. The third-order valence-electron chi connectivity index (χ3n) is 2.66. The maximum atomic E-state index is 12.3. The van der Waals surface area contributed by atoms with E-state index in [1.165, 1.54) is 19.2 Å². The highest BCUT2D eigenvalue weighted by molar-refractivity contribution is 9.10. The van der Waals surface area contributed by atoms with Crippen molar-refractivity contribution >= 4 is 26.0 Å². The van der Waals surface area contributed by atoms with Crippen LogP contribution >= 0.6 is 15.9 Å². The largest absolute Gasteiger partial charge is 0.496 e. The lowest BCUT2D eigenvalue weighted by atomic mass is 10.3. The van der Waals surface area contributed by atoms with E-state index in [0.29, 0.717) is 23.4 Å². The molecule has 0 amide bonds. The lowest BCUT2D eigenvalue weighted by Crippen LogP contribution is -2.35. The van der Waals surface area contributed by atoms with Crippen molar-refractivity contribution in [2.24, 2.45) is 0 Å². The number of nitrogens with zero attached hydrogens (tertiary/aromatic N) is 1. The predicted octanol–water partition coefficient (Wildman–Crippen LogP) is 2.17. The molecule has 1 aromatic carbocycles. The van der Waals surface area contributed by atoms with Gasteiger partial charge in [-0.25, -0.2) is 8.42 Å². The molecule has 18 heavy (non-hydrogen) atoms. The third kappa shape index (κ3) is 2.69. The van der Waals surface area contributed by atoms with Crippen molar-refractivity contribution in [2.45, 2.75) is 17.7 Å². The molecule has 0 aliphatic carbocycles. The molecular formula is C11H14BrNO4S. The fourth-order valence-electron chi connectivity index (χ4n) is 1.69. The van der Waals surface area contributed by atoms with Gasteiger partial charge in [0.1, 0.15) is 5.75 Å². The van der Waals surface area contributed by atoms with Crippen LogP contribution in [0, 0.1) is 0 Å². The Morgan fingerprint density at radius 2 is 2.17 bits per heavy atom. The topological polar surface area (TPSA) is 55.8 Å². The molecule has 0 atom stereocenters. The Hall–Kier alpha value is -0.630. The average Bonchev–Trinajstić information content (AvgIpc) is 2.39. The first-order valence-corrected chi connectivity index (χ1v) is 7.78. The number of sulfonamides is 1. The third-order valence-corrected chi connectivity index (χ3v) is 4.95. The van der Waals surface area contributed by atoms with Gasteiger partial charge in [-0.05, 0) is 47.0 Å². The lowest BCUT2D eigenvalue weighted by Gasteiger charge is -2.25. The molecule has 1 saturated heterocycles. The number of hydrogen-bond donors (Lipinski definition) is 0. The SMILES string of the molecule is COc1ccc(S(=O)(=O)N2CCCCO2)cc1Br. The standard InChI is InChI=1S/C11H14BrNO4S/c1-16-11-5-4-9(8-10(11)12)18(14,15)13-6-2-3-7-17-13/h4-5,8H,2-3,6-7H2,1H3. The number of methoxy groups -OCH3 is 1. The summed E-state index contributed by atoms with van der Waals surface area (Å²) < 4.78 is 31.3. The van der Waals surface area contributed by atoms with Crippen molar-refractivity contribution in [3.8, 4) is 5.75 Å². The van der Waals surface area contributed by atoms with Gasteiger partial charge < -0.3 is 4.74 Å². The molecule has 100 valence electrons. The molecule has 5 nitrogen and oxygen atoms in total. The Morgan fingerprint density at radius 1 is 1.39 bits per heavy atom. The zero-order chi connectivity index (χ0) is 13.2. The summed E-state index contributed by atoms with van der Waals surface area (Å²) in [5, 5.41) is 0. The Labute approximate surface area is 115 Å². The van der Waals surface area contributed by atoms with E-state index in [4.69, 9.17) is 9.57 Å². The van der Waals surface area contributed by atoms with Crippen molar-refractivity contribution in [1.29, 1.82) is 0 Å². The Balaban J connectivity index is 2.32. The molecular weight excluding hydrogens is 322 g/mol. The van der Waals surface area contributed by atoms with Crippen LogP contribution in [0.3, 0.4) is 0 Å². The monoisotopic (exact) mass is 335 g/mol. The first kappa shape index (κ1) is 13.8. The minimum absolute atomic E-state index is 0.192. The van der Waals surface area contributed by atoms with Gasteiger partial charge in [-0.2, -0.15) is 0 Å². The van der Waals surface area contributed by atoms with Crippen molar-refractivity contribution in [3.63, 3.8) is 0 Å². The van der Waals surface area contributed by atoms with Crippen LogP contribution < -0.4 is 4.74 Å². The van der Waals surface area contributed by atoms with E-state index >= 15 is 0 Å². The molecule has 1 heterocycles. The van der Waals surface area contributed by atoms with E-state index in [1.807, 2.05) is 0 Å². The van der Waals surface area contributed by atoms with Crippen LogP contribution in [0.25, 0.3) is 0 Å². The summed E-state index contributed by atoms with van der Waals surface area (Å²) in [5.41, 5.74) is 0. The zero-order valence-corrected chi connectivity index (χ0v) is 12.3. The minimum Gasteiger partial charge on any atom is -0.496 e. The molecule has 0 saturated carbocycles. The van der Waals surface area contributed by atoms with Gasteiger partial charge in [0.15, 0.2) is 0 Å². The number of hydroxylamine groups is 1. The summed E-state index contributed by atoms with van der Waals surface area (Å²) in [7, 11) is -2.05. The maximum Gasteiger partial charge on any atom is 0.265 e. The Morgan fingerprint density at radius 3 is 2.72 bits per heavy atom. The van der Waals surface area contributed by atoms with Crippen LogP contribution in [0.15, 0.2) is 27.6 Å². The van der Waals surface area contributed by atoms with E-state index in [-0.39, 0.29) is 4.90 Å². The fraction of sp³-hybridized carbons (Fsp3) is 0.455. The van der Waals surface area contributed by atoms with Crippen LogP contribution in [0.2, 0.25) is 0 Å². The lowest BCUT2D eigenvalue weighted by molar-refractivity contribution is -0.108. The van der Waals surface area contributed by atoms with Crippen molar-refractivity contribution in [2.75, 3.05) is 20.3 Å². The van der Waals surface area contributed by atoms with Crippen LogP contribution in [0.5, 0.6) is 5.75 Å².